The van der Waals surface area contributed by atoms with Crippen LogP contribution in [0.1, 0.15) is 21.1 Å². The molecule has 2 aromatic rings. The molecule has 0 aliphatic rings. The first-order chi connectivity index (χ1) is 9.97. The number of hydrogen-bond acceptors (Lipinski definition) is 5. The number of benzene rings is 1. The van der Waals surface area contributed by atoms with E-state index < -0.39 is 0 Å². The number of nitrogen functional groups attached to an aromatic ring is 1. The first-order valence-electron chi connectivity index (χ1n) is 6.73. The van der Waals surface area contributed by atoms with Crippen molar-refractivity contribution >= 4 is 28.6 Å². The lowest BCUT2D eigenvalue weighted by molar-refractivity contribution is 0.0828. The van der Waals surface area contributed by atoms with Gasteiger partial charge < -0.3 is 16.0 Å². The Labute approximate surface area is 128 Å². The number of nitrogens with zero attached hydrogens (tertiary/aromatic N) is 2. The SMILES string of the molecule is Cc1nc(CCNc2cc(N)ccc2C(=O)N(C)C)cs1. The van der Waals surface area contributed by atoms with Gasteiger partial charge in [-0.25, -0.2) is 4.98 Å². The van der Waals surface area contributed by atoms with Crippen molar-refractivity contribution in [2.75, 3.05) is 31.7 Å². The molecule has 1 aromatic heterocycles. The van der Waals surface area contributed by atoms with Crippen molar-refractivity contribution in [3.63, 3.8) is 0 Å². The average molecular weight is 304 g/mol. The van der Waals surface area contributed by atoms with Crippen molar-refractivity contribution < 1.29 is 4.79 Å². The molecule has 6 heteroatoms. The van der Waals surface area contributed by atoms with Crippen LogP contribution in [0.5, 0.6) is 0 Å². The maximum absolute atomic E-state index is 12.1. The van der Waals surface area contributed by atoms with E-state index in [2.05, 4.69) is 15.7 Å². The summed E-state index contributed by atoms with van der Waals surface area (Å²) < 4.78 is 0. The number of aryl methyl sites for hydroxylation is 1. The number of rotatable bonds is 5. The van der Waals surface area contributed by atoms with Crippen LogP contribution in [-0.4, -0.2) is 36.4 Å². The first kappa shape index (κ1) is 15.3. The lowest BCUT2D eigenvalue weighted by Gasteiger charge is -2.15. The minimum Gasteiger partial charge on any atom is -0.399 e. The number of nitrogens with one attached hydrogen (secondary N) is 1. The van der Waals surface area contributed by atoms with E-state index in [1.54, 1.807) is 48.5 Å². The minimum absolute atomic E-state index is 0.0398. The van der Waals surface area contributed by atoms with Crippen LogP contribution in [0.4, 0.5) is 11.4 Å². The van der Waals surface area contributed by atoms with Crippen molar-refractivity contribution in [1.29, 1.82) is 0 Å². The maximum atomic E-state index is 12.1. The van der Waals surface area contributed by atoms with Crippen molar-refractivity contribution in [2.24, 2.45) is 0 Å². The largest absolute Gasteiger partial charge is 0.399 e. The molecular weight excluding hydrogens is 284 g/mol. The standard InChI is InChI=1S/C15H20N4OS/c1-10-18-12(9-21-10)6-7-17-14-8-11(16)4-5-13(14)15(20)19(2)3/h4-5,8-9,17H,6-7,16H2,1-3H3. The molecule has 1 heterocycles. The van der Waals surface area contributed by atoms with Crippen molar-refractivity contribution in [1.82, 2.24) is 9.88 Å². The van der Waals surface area contributed by atoms with Gasteiger partial charge in [-0.1, -0.05) is 0 Å². The molecule has 0 saturated heterocycles. The van der Waals surface area contributed by atoms with E-state index in [4.69, 9.17) is 5.73 Å². The lowest BCUT2D eigenvalue weighted by Crippen LogP contribution is -2.23. The van der Waals surface area contributed by atoms with E-state index in [1.807, 2.05) is 6.92 Å². The summed E-state index contributed by atoms with van der Waals surface area (Å²) in [6.45, 7) is 2.70. The van der Waals surface area contributed by atoms with Gasteiger partial charge in [0, 0.05) is 43.8 Å². The Morgan fingerprint density at radius 2 is 2.19 bits per heavy atom. The highest BCUT2D eigenvalue weighted by Gasteiger charge is 2.13. The molecule has 0 spiro atoms. The molecule has 0 fully saturated rings. The molecule has 3 N–H and O–H groups in total. The van der Waals surface area contributed by atoms with Gasteiger partial charge in [0.15, 0.2) is 0 Å². The van der Waals surface area contributed by atoms with Crippen LogP contribution in [0.3, 0.4) is 0 Å². The highest BCUT2D eigenvalue weighted by atomic mass is 32.1. The highest BCUT2D eigenvalue weighted by molar-refractivity contribution is 7.09. The smallest absolute Gasteiger partial charge is 0.255 e. The molecule has 0 unspecified atom stereocenters. The Morgan fingerprint density at radius 3 is 2.81 bits per heavy atom. The Kier molecular flexibility index (Phi) is 4.80. The molecule has 5 nitrogen and oxygen atoms in total. The van der Waals surface area contributed by atoms with Gasteiger partial charge in [0.05, 0.1) is 16.3 Å². The minimum atomic E-state index is -0.0398. The van der Waals surface area contributed by atoms with E-state index in [-0.39, 0.29) is 5.91 Å². The van der Waals surface area contributed by atoms with E-state index in [9.17, 15) is 4.79 Å². The molecule has 21 heavy (non-hydrogen) atoms. The van der Waals surface area contributed by atoms with Crippen LogP contribution in [-0.2, 0) is 6.42 Å². The number of nitrogens with two attached hydrogens (primary N) is 1. The van der Waals surface area contributed by atoms with Crippen molar-refractivity contribution in [2.45, 2.75) is 13.3 Å². The highest BCUT2D eigenvalue weighted by Crippen LogP contribution is 2.20. The molecule has 2 rings (SSSR count). The zero-order valence-electron chi connectivity index (χ0n) is 12.5. The predicted octanol–water partition coefficient (Wildman–Crippen LogP) is 2.39. The van der Waals surface area contributed by atoms with E-state index in [1.165, 1.54) is 0 Å². The Balaban J connectivity index is 2.07. The normalized spacial score (nSPS) is 10.4. The van der Waals surface area contributed by atoms with Gasteiger partial charge in [-0.3, -0.25) is 4.79 Å². The van der Waals surface area contributed by atoms with E-state index >= 15 is 0 Å². The molecular formula is C15H20N4OS. The Hall–Kier alpha value is -2.08. The van der Waals surface area contributed by atoms with Gasteiger partial charge in [0.1, 0.15) is 0 Å². The third kappa shape index (κ3) is 3.95. The molecule has 0 bridgehead atoms. The van der Waals surface area contributed by atoms with Crippen molar-refractivity contribution in [3.05, 3.63) is 39.8 Å². The first-order valence-corrected chi connectivity index (χ1v) is 7.61. The second-order valence-corrected chi connectivity index (χ2v) is 6.10. The zero-order chi connectivity index (χ0) is 15.4. The quantitative estimate of drug-likeness (QED) is 0.832. The van der Waals surface area contributed by atoms with Gasteiger partial charge in [-0.15, -0.1) is 11.3 Å². The monoisotopic (exact) mass is 304 g/mol. The number of carbonyl (C=O) groups excluding carboxylic acids is 1. The number of aromatic nitrogens is 1. The molecule has 0 aliphatic carbocycles. The van der Waals surface area contributed by atoms with Gasteiger partial charge in [-0.2, -0.15) is 0 Å². The van der Waals surface area contributed by atoms with Crippen molar-refractivity contribution in [3.8, 4) is 0 Å². The number of amides is 1. The zero-order valence-corrected chi connectivity index (χ0v) is 13.3. The number of anilines is 2. The fourth-order valence-electron chi connectivity index (χ4n) is 1.98. The number of carbonyl (C=O) groups is 1. The lowest BCUT2D eigenvalue weighted by atomic mass is 10.1. The van der Waals surface area contributed by atoms with E-state index in [0.717, 1.165) is 22.8 Å². The summed E-state index contributed by atoms with van der Waals surface area (Å²) in [6.07, 6.45) is 0.814. The van der Waals surface area contributed by atoms with Gasteiger partial charge in [0.2, 0.25) is 0 Å². The number of hydrogen-bond donors (Lipinski definition) is 2. The summed E-state index contributed by atoms with van der Waals surface area (Å²) in [5.41, 5.74) is 8.91. The van der Waals surface area contributed by atoms with Crippen LogP contribution in [0.15, 0.2) is 23.6 Å². The molecule has 112 valence electrons. The third-order valence-electron chi connectivity index (χ3n) is 3.04. The van der Waals surface area contributed by atoms with Gasteiger partial charge in [0.25, 0.3) is 5.91 Å². The predicted molar refractivity (Wildman–Crippen MR) is 87.9 cm³/mol. The summed E-state index contributed by atoms with van der Waals surface area (Å²) in [5.74, 6) is -0.0398. The second-order valence-electron chi connectivity index (χ2n) is 5.04. The molecule has 0 radical (unpaired) electrons. The summed E-state index contributed by atoms with van der Waals surface area (Å²) in [6, 6.07) is 5.29. The molecule has 1 aromatic carbocycles. The van der Waals surface area contributed by atoms with Crippen LogP contribution in [0, 0.1) is 6.92 Å². The average Bonchev–Trinajstić information content (AvgIpc) is 2.84. The molecule has 1 amide bonds. The topological polar surface area (TPSA) is 71.2 Å². The van der Waals surface area contributed by atoms with Gasteiger partial charge >= 0.3 is 0 Å². The number of thiazole rings is 1. The van der Waals surface area contributed by atoms with Crippen LogP contribution >= 0.6 is 11.3 Å². The van der Waals surface area contributed by atoms with Crippen LogP contribution < -0.4 is 11.1 Å². The Morgan fingerprint density at radius 1 is 1.43 bits per heavy atom. The summed E-state index contributed by atoms with van der Waals surface area (Å²) in [4.78, 5) is 18.1. The second kappa shape index (κ2) is 6.58. The van der Waals surface area contributed by atoms with Crippen LogP contribution in [0.25, 0.3) is 0 Å². The summed E-state index contributed by atoms with van der Waals surface area (Å²) >= 11 is 1.65. The Bertz CT molecular complexity index is 636. The summed E-state index contributed by atoms with van der Waals surface area (Å²) in [7, 11) is 3.47. The summed E-state index contributed by atoms with van der Waals surface area (Å²) in [5, 5.41) is 6.41. The third-order valence-corrected chi connectivity index (χ3v) is 3.87. The van der Waals surface area contributed by atoms with E-state index in [0.29, 0.717) is 17.8 Å². The maximum Gasteiger partial charge on any atom is 0.255 e. The fraction of sp³-hybridized carbons (Fsp3) is 0.333. The molecule has 0 aliphatic heterocycles. The van der Waals surface area contributed by atoms with Crippen LogP contribution in [0.2, 0.25) is 0 Å². The fourth-order valence-corrected chi connectivity index (χ4v) is 2.63. The molecule has 0 saturated carbocycles. The van der Waals surface area contributed by atoms with Gasteiger partial charge in [-0.05, 0) is 25.1 Å². The molecule has 0 atom stereocenters.